The molecule has 0 spiro atoms. The van der Waals surface area contributed by atoms with Gasteiger partial charge >= 0.3 is 0 Å². The molecule has 3 aliphatic rings. The lowest BCUT2D eigenvalue weighted by atomic mass is 9.83. The number of fused-ring (bicyclic) bond motifs is 1. The summed E-state index contributed by atoms with van der Waals surface area (Å²) in [5.41, 5.74) is 2.03. The molecule has 0 unspecified atom stereocenters. The van der Waals surface area contributed by atoms with Crippen LogP contribution in [0.2, 0.25) is 5.02 Å². The summed E-state index contributed by atoms with van der Waals surface area (Å²) in [4.78, 5) is 36.6. The van der Waals surface area contributed by atoms with Crippen LogP contribution in [0.15, 0.2) is 40.5 Å². The Morgan fingerprint density at radius 2 is 1.97 bits per heavy atom. The Morgan fingerprint density at radius 1 is 1.21 bits per heavy atom. The van der Waals surface area contributed by atoms with E-state index in [9.17, 15) is 23.5 Å². The number of aromatic nitrogens is 2. The van der Waals surface area contributed by atoms with Crippen molar-refractivity contribution in [3.63, 3.8) is 0 Å². The fourth-order valence-electron chi connectivity index (χ4n) is 5.75. The Morgan fingerprint density at radius 3 is 2.68 bits per heavy atom. The van der Waals surface area contributed by atoms with Crippen LogP contribution in [0.3, 0.4) is 0 Å². The number of hydrogen-bond donors (Lipinski definition) is 2. The Labute approximate surface area is 227 Å². The molecule has 1 atom stereocenters. The third-order valence-corrected chi connectivity index (χ3v) is 9.65. The Kier molecular flexibility index (Phi) is 6.44. The highest BCUT2D eigenvalue weighted by atomic mass is 35.5. The molecule has 6 nitrogen and oxygen atoms in total. The third-order valence-electron chi connectivity index (χ3n) is 8.26. The molecule has 1 aromatic carbocycles. The van der Waals surface area contributed by atoms with Gasteiger partial charge in [-0.2, -0.15) is 0 Å². The average molecular weight is 560 g/mol. The summed E-state index contributed by atoms with van der Waals surface area (Å²) in [5.74, 6) is -2.24. The molecule has 1 amide bonds. The van der Waals surface area contributed by atoms with Crippen molar-refractivity contribution < 1.29 is 18.7 Å². The maximum absolute atomic E-state index is 13.6. The van der Waals surface area contributed by atoms with E-state index in [0.717, 1.165) is 23.3 Å². The van der Waals surface area contributed by atoms with Crippen LogP contribution in [-0.4, -0.2) is 38.3 Å². The lowest BCUT2D eigenvalue weighted by Gasteiger charge is -2.30. The SMILES string of the molecule is O=C([C@H](O)c1cccc(Cl)c1)N1CCc2nc(C3(c4cc(C5CCC(F)(F)CC5)cs4)CC3)[nH]c(=O)c2C1. The molecule has 0 saturated heterocycles. The number of H-pyrrole nitrogens is 1. The Balaban J connectivity index is 1.20. The van der Waals surface area contributed by atoms with E-state index in [-0.39, 0.29) is 36.3 Å². The summed E-state index contributed by atoms with van der Waals surface area (Å²) in [7, 11) is 0. The molecule has 200 valence electrons. The van der Waals surface area contributed by atoms with E-state index in [1.54, 1.807) is 35.6 Å². The standard InChI is InChI=1S/C28H28ClF2N3O3S/c29-19-3-1-2-17(12-19)23(35)25(37)34-11-6-21-20(14-34)24(36)33-26(32-21)27(9-10-27)22-13-18(15-38-22)16-4-7-28(30,31)8-5-16/h1-3,12-13,15-16,23,35H,4-11,14H2,(H,32,33,36)/t23-/m1/s1. The summed E-state index contributed by atoms with van der Waals surface area (Å²) in [5, 5.41) is 13.1. The molecule has 3 heterocycles. The Hall–Kier alpha value is -2.62. The lowest BCUT2D eigenvalue weighted by molar-refractivity contribution is -0.141. The van der Waals surface area contributed by atoms with Gasteiger partial charge in [-0.15, -0.1) is 11.3 Å². The first-order chi connectivity index (χ1) is 18.1. The molecule has 38 heavy (non-hydrogen) atoms. The first kappa shape index (κ1) is 25.6. The maximum atomic E-state index is 13.6. The van der Waals surface area contributed by atoms with Gasteiger partial charge < -0.3 is 15.0 Å². The lowest BCUT2D eigenvalue weighted by Crippen LogP contribution is -2.42. The number of amides is 1. The zero-order valence-electron chi connectivity index (χ0n) is 20.7. The van der Waals surface area contributed by atoms with Crippen molar-refractivity contribution in [2.45, 2.75) is 74.8 Å². The predicted octanol–water partition coefficient (Wildman–Crippen LogP) is 5.48. The second-order valence-corrected chi connectivity index (χ2v) is 12.1. The van der Waals surface area contributed by atoms with Crippen LogP contribution < -0.4 is 5.56 Å². The smallest absolute Gasteiger partial charge is 0.256 e. The number of nitrogens with one attached hydrogen (secondary N) is 1. The van der Waals surface area contributed by atoms with Gasteiger partial charge in [-0.25, -0.2) is 13.8 Å². The molecular weight excluding hydrogens is 532 g/mol. The number of rotatable bonds is 5. The number of hydrogen-bond acceptors (Lipinski definition) is 5. The molecule has 2 aromatic heterocycles. The highest BCUT2D eigenvalue weighted by molar-refractivity contribution is 7.10. The molecule has 2 aliphatic carbocycles. The fraction of sp³-hybridized carbons (Fsp3) is 0.464. The Bertz CT molecular complexity index is 1440. The van der Waals surface area contributed by atoms with Gasteiger partial charge in [-0.3, -0.25) is 9.59 Å². The van der Waals surface area contributed by atoms with Crippen molar-refractivity contribution in [2.75, 3.05) is 6.54 Å². The third kappa shape index (κ3) is 4.69. The zero-order chi connectivity index (χ0) is 26.7. The van der Waals surface area contributed by atoms with Crippen molar-refractivity contribution in [1.29, 1.82) is 0 Å². The van der Waals surface area contributed by atoms with Gasteiger partial charge in [0.05, 0.1) is 23.2 Å². The minimum atomic E-state index is -2.55. The van der Waals surface area contributed by atoms with Crippen molar-refractivity contribution in [1.82, 2.24) is 14.9 Å². The maximum Gasteiger partial charge on any atom is 0.256 e. The molecule has 1 aliphatic heterocycles. The largest absolute Gasteiger partial charge is 0.378 e. The fourth-order valence-corrected chi connectivity index (χ4v) is 7.20. The number of aliphatic hydroxyl groups excluding tert-OH is 1. The van der Waals surface area contributed by atoms with Gasteiger partial charge in [0.1, 0.15) is 5.82 Å². The van der Waals surface area contributed by atoms with Crippen LogP contribution >= 0.6 is 22.9 Å². The number of aromatic amines is 1. The van der Waals surface area contributed by atoms with Crippen molar-refractivity contribution >= 4 is 28.8 Å². The monoisotopic (exact) mass is 559 g/mol. The van der Waals surface area contributed by atoms with Crippen LogP contribution in [0.4, 0.5) is 8.78 Å². The van der Waals surface area contributed by atoms with Crippen LogP contribution in [-0.2, 0) is 23.2 Å². The van der Waals surface area contributed by atoms with E-state index in [1.165, 1.54) is 4.90 Å². The number of thiophene rings is 1. The van der Waals surface area contributed by atoms with Gasteiger partial charge in [-0.1, -0.05) is 23.7 Å². The molecule has 10 heteroatoms. The number of aliphatic hydroxyl groups is 1. The minimum Gasteiger partial charge on any atom is -0.378 e. The minimum absolute atomic E-state index is 0.0661. The summed E-state index contributed by atoms with van der Waals surface area (Å²) in [6.07, 6.45) is 1.65. The summed E-state index contributed by atoms with van der Waals surface area (Å²) >= 11 is 7.62. The quantitative estimate of drug-likeness (QED) is 0.434. The normalized spacial score (nSPS) is 21.1. The molecule has 2 N–H and O–H groups in total. The molecule has 0 bridgehead atoms. The van der Waals surface area contributed by atoms with Gasteiger partial charge in [-0.05, 0) is 66.3 Å². The number of carbonyl (C=O) groups excluding carboxylic acids is 1. The van der Waals surface area contributed by atoms with Gasteiger partial charge in [0, 0.05) is 35.7 Å². The first-order valence-corrected chi connectivity index (χ1v) is 14.2. The number of carbonyl (C=O) groups is 1. The van der Waals surface area contributed by atoms with Gasteiger partial charge in [0.15, 0.2) is 6.10 Å². The first-order valence-electron chi connectivity index (χ1n) is 13.0. The summed E-state index contributed by atoms with van der Waals surface area (Å²) in [6, 6.07) is 8.67. The zero-order valence-corrected chi connectivity index (χ0v) is 22.3. The van der Waals surface area contributed by atoms with Crippen molar-refractivity contribution in [2.24, 2.45) is 0 Å². The average Bonchev–Trinajstić information content (AvgIpc) is 3.57. The number of halogens is 3. The van der Waals surface area contributed by atoms with E-state index in [4.69, 9.17) is 16.6 Å². The van der Waals surface area contributed by atoms with E-state index < -0.39 is 17.9 Å². The van der Waals surface area contributed by atoms with Crippen LogP contribution in [0.5, 0.6) is 0 Å². The second-order valence-electron chi connectivity index (χ2n) is 10.8. The molecule has 2 saturated carbocycles. The summed E-state index contributed by atoms with van der Waals surface area (Å²) in [6.45, 7) is 0.429. The molecular formula is C28H28ClF2N3O3S. The van der Waals surface area contributed by atoms with Crippen LogP contribution in [0.1, 0.15) is 83.6 Å². The molecule has 6 rings (SSSR count). The second kappa shape index (κ2) is 9.54. The van der Waals surface area contributed by atoms with E-state index in [1.807, 2.05) is 0 Å². The molecule has 0 radical (unpaired) electrons. The number of benzene rings is 1. The number of nitrogens with zero attached hydrogens (tertiary/aromatic N) is 2. The van der Waals surface area contributed by atoms with Crippen molar-refractivity contribution in [3.05, 3.63) is 84.2 Å². The molecule has 2 fully saturated rings. The summed E-state index contributed by atoms with van der Waals surface area (Å²) < 4.78 is 27.2. The topological polar surface area (TPSA) is 86.3 Å². The highest BCUT2D eigenvalue weighted by Gasteiger charge is 2.50. The van der Waals surface area contributed by atoms with E-state index in [0.29, 0.717) is 53.5 Å². The van der Waals surface area contributed by atoms with Crippen LogP contribution in [0, 0.1) is 0 Å². The van der Waals surface area contributed by atoms with Gasteiger partial charge in [0.2, 0.25) is 5.92 Å². The predicted molar refractivity (Wildman–Crippen MR) is 141 cm³/mol. The van der Waals surface area contributed by atoms with Crippen LogP contribution in [0.25, 0.3) is 0 Å². The highest BCUT2D eigenvalue weighted by Crippen LogP contribution is 2.55. The van der Waals surface area contributed by atoms with Crippen molar-refractivity contribution in [3.8, 4) is 0 Å². The molecule has 3 aromatic rings. The van der Waals surface area contributed by atoms with E-state index in [2.05, 4.69) is 16.4 Å². The van der Waals surface area contributed by atoms with Gasteiger partial charge in [0.25, 0.3) is 11.5 Å². The number of alkyl halides is 2. The van der Waals surface area contributed by atoms with E-state index >= 15 is 0 Å².